The van der Waals surface area contributed by atoms with Gasteiger partial charge in [0, 0.05) is 18.9 Å². The maximum absolute atomic E-state index is 11.7. The van der Waals surface area contributed by atoms with Gasteiger partial charge in [-0.15, -0.1) is 5.10 Å². The average Bonchev–Trinajstić information content (AvgIpc) is 2.92. The SMILES string of the molecule is O=C(NCCc1ncno1)c1n[nH]c(C2CC2)n1. The van der Waals surface area contributed by atoms with E-state index in [2.05, 4.69) is 30.6 Å². The van der Waals surface area contributed by atoms with Gasteiger partial charge in [0.15, 0.2) is 6.33 Å². The molecule has 18 heavy (non-hydrogen) atoms. The molecule has 94 valence electrons. The van der Waals surface area contributed by atoms with Gasteiger partial charge in [-0.1, -0.05) is 5.16 Å². The lowest BCUT2D eigenvalue weighted by atomic mass is 10.4. The Morgan fingerprint density at radius 3 is 3.17 bits per heavy atom. The number of H-pyrrole nitrogens is 1. The maximum Gasteiger partial charge on any atom is 0.290 e. The second kappa shape index (κ2) is 4.55. The van der Waals surface area contributed by atoms with Crippen LogP contribution in [0, 0.1) is 0 Å². The minimum atomic E-state index is -0.294. The Labute approximate surface area is 102 Å². The van der Waals surface area contributed by atoms with Crippen LogP contribution in [0.1, 0.15) is 41.1 Å². The number of hydrogen-bond donors (Lipinski definition) is 2. The van der Waals surface area contributed by atoms with Crippen LogP contribution in [0.15, 0.2) is 10.9 Å². The van der Waals surface area contributed by atoms with Crippen LogP contribution in [0.4, 0.5) is 0 Å². The van der Waals surface area contributed by atoms with E-state index in [1.54, 1.807) is 0 Å². The molecule has 0 unspecified atom stereocenters. The van der Waals surface area contributed by atoms with Crippen molar-refractivity contribution >= 4 is 5.91 Å². The Bertz CT molecular complexity index is 530. The molecule has 8 heteroatoms. The number of aromatic nitrogens is 5. The molecule has 0 saturated heterocycles. The average molecular weight is 248 g/mol. The molecule has 8 nitrogen and oxygen atoms in total. The smallest absolute Gasteiger partial charge is 0.290 e. The monoisotopic (exact) mass is 248 g/mol. The van der Waals surface area contributed by atoms with E-state index in [9.17, 15) is 4.79 Å². The molecule has 1 aliphatic rings. The minimum Gasteiger partial charge on any atom is -0.349 e. The topological polar surface area (TPSA) is 110 Å². The number of amides is 1. The van der Waals surface area contributed by atoms with Crippen LogP contribution in [0.3, 0.4) is 0 Å². The van der Waals surface area contributed by atoms with Crippen molar-refractivity contribution in [2.24, 2.45) is 0 Å². The lowest BCUT2D eigenvalue weighted by Gasteiger charge is -1.98. The number of rotatable bonds is 5. The number of hydrogen-bond acceptors (Lipinski definition) is 6. The lowest BCUT2D eigenvalue weighted by Crippen LogP contribution is -2.26. The molecule has 0 bridgehead atoms. The lowest BCUT2D eigenvalue weighted by molar-refractivity contribution is 0.0943. The van der Waals surface area contributed by atoms with Crippen LogP contribution < -0.4 is 5.32 Å². The van der Waals surface area contributed by atoms with Crippen molar-refractivity contribution in [2.75, 3.05) is 6.54 Å². The van der Waals surface area contributed by atoms with E-state index in [1.165, 1.54) is 6.33 Å². The van der Waals surface area contributed by atoms with Gasteiger partial charge in [-0.3, -0.25) is 9.89 Å². The highest BCUT2D eigenvalue weighted by Gasteiger charge is 2.28. The van der Waals surface area contributed by atoms with Gasteiger partial charge in [-0.2, -0.15) is 4.98 Å². The van der Waals surface area contributed by atoms with Crippen molar-refractivity contribution < 1.29 is 9.32 Å². The van der Waals surface area contributed by atoms with E-state index >= 15 is 0 Å². The number of aromatic amines is 1. The van der Waals surface area contributed by atoms with E-state index in [4.69, 9.17) is 4.52 Å². The molecule has 0 atom stereocenters. The summed E-state index contributed by atoms with van der Waals surface area (Å²) < 4.78 is 4.82. The molecule has 2 aromatic rings. The molecule has 2 heterocycles. The highest BCUT2D eigenvalue weighted by molar-refractivity contribution is 5.90. The Kier molecular flexibility index (Phi) is 2.75. The van der Waals surface area contributed by atoms with Crippen LogP contribution in [0.2, 0.25) is 0 Å². The fourth-order valence-electron chi connectivity index (χ4n) is 1.58. The zero-order chi connectivity index (χ0) is 12.4. The third-order valence-electron chi connectivity index (χ3n) is 2.70. The summed E-state index contributed by atoms with van der Waals surface area (Å²) in [6.07, 6.45) is 4.06. The normalized spacial score (nSPS) is 14.7. The summed E-state index contributed by atoms with van der Waals surface area (Å²) in [6, 6.07) is 0. The van der Waals surface area contributed by atoms with Crippen molar-refractivity contribution in [2.45, 2.75) is 25.2 Å². The molecule has 2 N–H and O–H groups in total. The third-order valence-corrected chi connectivity index (χ3v) is 2.70. The van der Waals surface area contributed by atoms with E-state index in [-0.39, 0.29) is 11.7 Å². The first-order chi connectivity index (χ1) is 8.83. The zero-order valence-electron chi connectivity index (χ0n) is 9.59. The fraction of sp³-hybridized carbons (Fsp3) is 0.500. The predicted octanol–water partition coefficient (Wildman–Crippen LogP) is 0.0376. The van der Waals surface area contributed by atoms with Gasteiger partial charge in [-0.25, -0.2) is 4.98 Å². The van der Waals surface area contributed by atoms with Gasteiger partial charge in [-0.05, 0) is 12.8 Å². The number of carbonyl (C=O) groups is 1. The van der Waals surface area contributed by atoms with Gasteiger partial charge in [0.25, 0.3) is 5.91 Å². The van der Waals surface area contributed by atoms with Crippen LogP contribution in [-0.4, -0.2) is 37.8 Å². The Morgan fingerprint density at radius 1 is 1.56 bits per heavy atom. The summed E-state index contributed by atoms with van der Waals surface area (Å²) in [7, 11) is 0. The van der Waals surface area contributed by atoms with Crippen molar-refractivity contribution in [3.05, 3.63) is 23.9 Å². The van der Waals surface area contributed by atoms with Crippen LogP contribution in [0.5, 0.6) is 0 Å². The second-order valence-corrected chi connectivity index (χ2v) is 4.16. The summed E-state index contributed by atoms with van der Waals surface area (Å²) in [5, 5.41) is 12.9. The molecule has 1 aliphatic carbocycles. The van der Waals surface area contributed by atoms with Crippen molar-refractivity contribution in [3.8, 4) is 0 Å². The summed E-state index contributed by atoms with van der Waals surface area (Å²) in [5.41, 5.74) is 0. The molecule has 1 saturated carbocycles. The Balaban J connectivity index is 1.50. The molecule has 2 aromatic heterocycles. The maximum atomic E-state index is 11.7. The molecule has 0 radical (unpaired) electrons. The summed E-state index contributed by atoms with van der Waals surface area (Å²) in [5.74, 6) is 1.64. The fourth-order valence-corrected chi connectivity index (χ4v) is 1.58. The first-order valence-corrected chi connectivity index (χ1v) is 5.79. The third kappa shape index (κ3) is 2.36. The van der Waals surface area contributed by atoms with Gasteiger partial charge in [0.2, 0.25) is 11.7 Å². The molecular weight excluding hydrogens is 236 g/mol. The van der Waals surface area contributed by atoms with Gasteiger partial charge < -0.3 is 9.84 Å². The van der Waals surface area contributed by atoms with Crippen molar-refractivity contribution in [1.82, 2.24) is 30.6 Å². The number of nitrogens with one attached hydrogen (secondary N) is 2. The van der Waals surface area contributed by atoms with Gasteiger partial charge in [0.05, 0.1) is 0 Å². The van der Waals surface area contributed by atoms with E-state index in [0.717, 1.165) is 18.7 Å². The van der Waals surface area contributed by atoms with Crippen molar-refractivity contribution in [1.29, 1.82) is 0 Å². The molecule has 0 spiro atoms. The van der Waals surface area contributed by atoms with Crippen LogP contribution >= 0.6 is 0 Å². The standard InChI is InChI=1S/C10H12N6O2/c17-10(11-4-3-7-12-5-13-18-7)9-14-8(15-16-9)6-1-2-6/h5-6H,1-4H2,(H,11,17)(H,14,15,16). The first kappa shape index (κ1) is 10.9. The van der Waals surface area contributed by atoms with Gasteiger partial charge >= 0.3 is 0 Å². The number of nitrogens with zero attached hydrogens (tertiary/aromatic N) is 4. The van der Waals surface area contributed by atoms with E-state index < -0.39 is 0 Å². The molecule has 0 aliphatic heterocycles. The van der Waals surface area contributed by atoms with E-state index in [1.807, 2.05) is 0 Å². The highest BCUT2D eigenvalue weighted by Crippen LogP contribution is 2.37. The van der Waals surface area contributed by atoms with E-state index in [0.29, 0.717) is 24.8 Å². The molecule has 1 fully saturated rings. The number of carbonyl (C=O) groups excluding carboxylic acids is 1. The molecule has 3 rings (SSSR count). The quantitative estimate of drug-likeness (QED) is 0.773. The summed E-state index contributed by atoms with van der Waals surface area (Å²) in [4.78, 5) is 19.7. The molecule has 1 amide bonds. The predicted molar refractivity (Wildman–Crippen MR) is 58.7 cm³/mol. The Morgan fingerprint density at radius 2 is 2.44 bits per heavy atom. The minimum absolute atomic E-state index is 0.183. The van der Waals surface area contributed by atoms with Crippen LogP contribution in [-0.2, 0) is 6.42 Å². The summed E-state index contributed by atoms with van der Waals surface area (Å²) >= 11 is 0. The highest BCUT2D eigenvalue weighted by atomic mass is 16.5. The Hall–Kier alpha value is -2.25. The molecule has 0 aromatic carbocycles. The van der Waals surface area contributed by atoms with Crippen LogP contribution in [0.25, 0.3) is 0 Å². The molecular formula is C10H12N6O2. The second-order valence-electron chi connectivity index (χ2n) is 4.16. The zero-order valence-corrected chi connectivity index (χ0v) is 9.59. The largest absolute Gasteiger partial charge is 0.349 e. The van der Waals surface area contributed by atoms with Gasteiger partial charge in [0.1, 0.15) is 5.82 Å². The van der Waals surface area contributed by atoms with Crippen molar-refractivity contribution in [3.63, 3.8) is 0 Å². The first-order valence-electron chi connectivity index (χ1n) is 5.79. The summed E-state index contributed by atoms with van der Waals surface area (Å²) in [6.45, 7) is 0.411.